The Labute approximate surface area is 123 Å². The Kier molecular flexibility index (Phi) is 3.35. The zero-order valence-electron chi connectivity index (χ0n) is 10.1. The van der Waals surface area contributed by atoms with Crippen molar-refractivity contribution in [2.24, 2.45) is 0 Å². The Morgan fingerprint density at radius 1 is 1.16 bits per heavy atom. The third-order valence-corrected chi connectivity index (χ3v) is 4.39. The minimum atomic E-state index is 0.744. The van der Waals surface area contributed by atoms with Gasteiger partial charge in [-0.1, -0.05) is 0 Å². The minimum Gasteiger partial charge on any atom is -0.372 e. The molecular weight excluding hydrogens is 324 g/mol. The van der Waals surface area contributed by atoms with E-state index in [1.54, 1.807) is 11.3 Å². The standard InChI is InChI=1S/C13H11BrN4S/c1-15-12-11(14)13(17-7-16-12)18-9-2-3-10-8(6-9)4-5-19-10/h2-7H,1H3,(H2,15,16,17,18). The van der Waals surface area contributed by atoms with Gasteiger partial charge >= 0.3 is 0 Å². The lowest BCUT2D eigenvalue weighted by molar-refractivity contribution is 1.14. The summed E-state index contributed by atoms with van der Waals surface area (Å²) in [6.45, 7) is 0. The maximum atomic E-state index is 4.24. The summed E-state index contributed by atoms with van der Waals surface area (Å²) in [6, 6.07) is 8.38. The number of hydrogen-bond acceptors (Lipinski definition) is 5. The fourth-order valence-electron chi connectivity index (χ4n) is 1.81. The van der Waals surface area contributed by atoms with E-state index in [4.69, 9.17) is 0 Å². The highest BCUT2D eigenvalue weighted by Crippen LogP contribution is 2.30. The lowest BCUT2D eigenvalue weighted by Crippen LogP contribution is -2.00. The second kappa shape index (κ2) is 5.14. The number of rotatable bonds is 3. The third-order valence-electron chi connectivity index (χ3n) is 2.74. The zero-order chi connectivity index (χ0) is 13.2. The van der Waals surface area contributed by atoms with Gasteiger partial charge in [-0.2, -0.15) is 0 Å². The molecule has 0 saturated carbocycles. The maximum Gasteiger partial charge on any atom is 0.150 e. The molecule has 2 N–H and O–H groups in total. The molecule has 3 aromatic rings. The number of nitrogens with zero attached hydrogens (tertiary/aromatic N) is 2. The zero-order valence-corrected chi connectivity index (χ0v) is 12.5. The van der Waals surface area contributed by atoms with Gasteiger partial charge in [0.15, 0.2) is 0 Å². The number of nitrogens with one attached hydrogen (secondary N) is 2. The van der Waals surface area contributed by atoms with Crippen LogP contribution in [0.3, 0.4) is 0 Å². The van der Waals surface area contributed by atoms with Crippen LogP contribution in [0.5, 0.6) is 0 Å². The van der Waals surface area contributed by atoms with E-state index in [-0.39, 0.29) is 0 Å². The van der Waals surface area contributed by atoms with Gasteiger partial charge in [0.1, 0.15) is 22.4 Å². The van der Waals surface area contributed by atoms with Gasteiger partial charge in [-0.15, -0.1) is 11.3 Å². The molecule has 0 spiro atoms. The van der Waals surface area contributed by atoms with Crippen LogP contribution in [0.15, 0.2) is 40.4 Å². The summed E-state index contributed by atoms with van der Waals surface area (Å²) in [5.74, 6) is 1.50. The second-order valence-corrected chi connectivity index (χ2v) is 5.67. The Bertz CT molecular complexity index is 725. The fourth-order valence-corrected chi connectivity index (χ4v) is 3.09. The van der Waals surface area contributed by atoms with Gasteiger partial charge in [0.05, 0.1) is 0 Å². The topological polar surface area (TPSA) is 49.8 Å². The van der Waals surface area contributed by atoms with Crippen LogP contribution in [0.25, 0.3) is 10.1 Å². The fraction of sp³-hybridized carbons (Fsp3) is 0.0769. The van der Waals surface area contributed by atoms with E-state index < -0.39 is 0 Å². The number of fused-ring (bicyclic) bond motifs is 1. The van der Waals surface area contributed by atoms with Crippen molar-refractivity contribution >= 4 is 54.7 Å². The van der Waals surface area contributed by atoms with Gasteiger partial charge in [0.2, 0.25) is 0 Å². The molecule has 19 heavy (non-hydrogen) atoms. The number of anilines is 3. The Morgan fingerprint density at radius 3 is 2.84 bits per heavy atom. The van der Waals surface area contributed by atoms with Crippen molar-refractivity contribution in [2.75, 3.05) is 17.7 Å². The number of thiophene rings is 1. The maximum absolute atomic E-state index is 4.24. The molecule has 2 heterocycles. The summed E-state index contributed by atoms with van der Waals surface area (Å²) >= 11 is 5.23. The highest BCUT2D eigenvalue weighted by Gasteiger charge is 2.07. The summed E-state index contributed by atoms with van der Waals surface area (Å²) in [5, 5.41) is 9.63. The van der Waals surface area contributed by atoms with Crippen molar-refractivity contribution in [3.8, 4) is 0 Å². The summed E-state index contributed by atoms with van der Waals surface area (Å²) in [4.78, 5) is 8.38. The molecule has 0 bridgehead atoms. The molecule has 6 heteroatoms. The van der Waals surface area contributed by atoms with E-state index in [9.17, 15) is 0 Å². The average Bonchev–Trinajstić information content (AvgIpc) is 2.88. The van der Waals surface area contributed by atoms with Crippen LogP contribution >= 0.6 is 27.3 Å². The van der Waals surface area contributed by atoms with Crippen molar-refractivity contribution in [1.82, 2.24) is 9.97 Å². The van der Waals surface area contributed by atoms with Gasteiger partial charge in [-0.25, -0.2) is 9.97 Å². The first-order valence-electron chi connectivity index (χ1n) is 5.70. The molecule has 1 aromatic carbocycles. The van der Waals surface area contributed by atoms with Crippen LogP contribution < -0.4 is 10.6 Å². The first kappa shape index (κ1) is 12.4. The summed E-state index contributed by atoms with van der Waals surface area (Å²) in [7, 11) is 1.83. The molecule has 3 rings (SSSR count). The number of halogens is 1. The van der Waals surface area contributed by atoms with Crippen LogP contribution in [0.4, 0.5) is 17.3 Å². The van der Waals surface area contributed by atoms with Gasteiger partial charge in [-0.3, -0.25) is 0 Å². The van der Waals surface area contributed by atoms with Gasteiger partial charge in [0, 0.05) is 17.4 Å². The lowest BCUT2D eigenvalue weighted by Gasteiger charge is -2.10. The number of aromatic nitrogens is 2. The predicted octanol–water partition coefficient (Wildman–Crippen LogP) is 4.24. The molecule has 0 aliphatic carbocycles. The molecule has 2 aromatic heterocycles. The van der Waals surface area contributed by atoms with E-state index in [1.807, 2.05) is 13.1 Å². The van der Waals surface area contributed by atoms with Gasteiger partial charge < -0.3 is 10.6 Å². The lowest BCUT2D eigenvalue weighted by atomic mass is 10.2. The van der Waals surface area contributed by atoms with E-state index >= 15 is 0 Å². The van der Waals surface area contributed by atoms with Crippen LogP contribution in [-0.2, 0) is 0 Å². The molecule has 0 atom stereocenters. The third kappa shape index (κ3) is 2.41. The Morgan fingerprint density at radius 2 is 2.00 bits per heavy atom. The molecule has 0 unspecified atom stereocenters. The molecule has 0 aliphatic heterocycles. The minimum absolute atomic E-state index is 0.744. The number of hydrogen-bond donors (Lipinski definition) is 2. The smallest absolute Gasteiger partial charge is 0.150 e. The van der Waals surface area contributed by atoms with Crippen molar-refractivity contribution < 1.29 is 0 Å². The molecule has 4 nitrogen and oxygen atoms in total. The van der Waals surface area contributed by atoms with E-state index in [0.29, 0.717) is 0 Å². The first-order chi connectivity index (χ1) is 9.28. The average molecular weight is 335 g/mol. The molecule has 96 valence electrons. The molecule has 0 saturated heterocycles. The van der Waals surface area contributed by atoms with Gasteiger partial charge in [0.25, 0.3) is 0 Å². The molecular formula is C13H11BrN4S. The van der Waals surface area contributed by atoms with Crippen molar-refractivity contribution in [2.45, 2.75) is 0 Å². The Balaban J connectivity index is 1.96. The van der Waals surface area contributed by atoms with Crippen LogP contribution in [0.2, 0.25) is 0 Å². The van der Waals surface area contributed by atoms with Gasteiger partial charge in [-0.05, 0) is 51.0 Å². The highest BCUT2D eigenvalue weighted by atomic mass is 79.9. The van der Waals surface area contributed by atoms with Crippen molar-refractivity contribution in [1.29, 1.82) is 0 Å². The predicted molar refractivity (Wildman–Crippen MR) is 84.4 cm³/mol. The van der Waals surface area contributed by atoms with Crippen LogP contribution in [0, 0.1) is 0 Å². The Hall–Kier alpha value is -1.66. The van der Waals surface area contributed by atoms with Crippen LogP contribution in [0.1, 0.15) is 0 Å². The monoisotopic (exact) mass is 334 g/mol. The van der Waals surface area contributed by atoms with Crippen molar-refractivity contribution in [3.05, 3.63) is 40.4 Å². The summed E-state index contributed by atoms with van der Waals surface area (Å²) < 4.78 is 2.10. The quantitative estimate of drug-likeness (QED) is 0.752. The van der Waals surface area contributed by atoms with E-state index in [1.165, 1.54) is 16.4 Å². The summed E-state index contributed by atoms with van der Waals surface area (Å²) in [5.41, 5.74) is 1.01. The van der Waals surface area contributed by atoms with Crippen LogP contribution in [-0.4, -0.2) is 17.0 Å². The SMILES string of the molecule is CNc1ncnc(Nc2ccc3sccc3c2)c1Br. The molecule has 0 aliphatic rings. The summed E-state index contributed by atoms with van der Waals surface area (Å²) in [6.07, 6.45) is 1.53. The molecule has 0 amide bonds. The molecule has 0 fully saturated rings. The molecule has 0 radical (unpaired) electrons. The largest absolute Gasteiger partial charge is 0.372 e. The van der Waals surface area contributed by atoms with E-state index in [2.05, 4.69) is 60.1 Å². The highest BCUT2D eigenvalue weighted by molar-refractivity contribution is 9.10. The van der Waals surface area contributed by atoms with E-state index in [0.717, 1.165) is 21.8 Å². The van der Waals surface area contributed by atoms with Crippen molar-refractivity contribution in [3.63, 3.8) is 0 Å². The normalized spacial score (nSPS) is 10.6. The first-order valence-corrected chi connectivity index (χ1v) is 7.38. The number of benzene rings is 1. The second-order valence-electron chi connectivity index (χ2n) is 3.93.